The van der Waals surface area contributed by atoms with Crippen LogP contribution in [0.5, 0.6) is 11.6 Å². The number of pyridine rings is 1. The van der Waals surface area contributed by atoms with Gasteiger partial charge in [-0.05, 0) is 110 Å². The Hall–Kier alpha value is -2.45. The molecule has 45 heavy (non-hydrogen) atoms. The maximum atomic E-state index is 15.3. The standard InChI is InChI=1S/C37H43FN2O4.Na/c1-23(36(41)42)35(25-7-8-25)27-9-6-24-11-13-32(44-33(24)19-27)26-10-12-29(30-20-34(43-2)39-21-31(30)38)28(18-26)22-40-17-4-3-14-37(40)15-5-16-37;/h6,9-10,12,18-21,23,25,32,35H,3-5,7-8,11,13-17,22H2,1-2H3,(H,41,42);/q;+1/p-1/t23-,32?,35-;/m0./s1. The average molecular weight is 621 g/mol. The number of hydrogen-bond acceptors (Lipinski definition) is 6. The quantitative estimate of drug-likeness (QED) is 0.340. The zero-order valence-corrected chi connectivity index (χ0v) is 28.8. The third-order valence-corrected chi connectivity index (χ3v) is 10.9. The summed E-state index contributed by atoms with van der Waals surface area (Å²) in [5.74, 6) is -0.335. The molecule has 0 radical (unpaired) electrons. The number of nitrogens with zero attached hydrogens (tertiary/aromatic N) is 2. The molecule has 4 aliphatic rings. The van der Waals surface area contributed by atoms with E-state index >= 15 is 4.39 Å². The molecule has 3 heterocycles. The maximum absolute atomic E-state index is 15.3. The van der Waals surface area contributed by atoms with E-state index in [2.05, 4.69) is 40.2 Å². The van der Waals surface area contributed by atoms with Crippen molar-refractivity contribution in [3.63, 3.8) is 0 Å². The topological polar surface area (TPSA) is 74.7 Å². The van der Waals surface area contributed by atoms with Crippen molar-refractivity contribution in [1.82, 2.24) is 9.88 Å². The fraction of sp³-hybridized carbons (Fsp3) is 0.514. The van der Waals surface area contributed by atoms with Crippen LogP contribution in [0.1, 0.15) is 99.0 Å². The number of methoxy groups -OCH3 is 1. The number of likely N-dealkylation sites (tertiary alicyclic amines) is 1. The molecule has 2 aliphatic carbocycles. The van der Waals surface area contributed by atoms with Crippen molar-refractivity contribution in [1.29, 1.82) is 0 Å². The molecule has 2 aromatic carbocycles. The minimum atomic E-state index is -0.994. The molecule has 3 aromatic rings. The summed E-state index contributed by atoms with van der Waals surface area (Å²) in [4.78, 5) is 18.5. The van der Waals surface area contributed by atoms with Crippen molar-refractivity contribution in [2.45, 2.75) is 95.2 Å². The SMILES string of the molecule is COc1cc(-c2ccc(C3CCc4ccc([C@H](C5CC5)[C@H](C)C(=O)[O-])cc4O3)cc2CN2CCCCC23CCC3)c(F)cn1.[Na+]. The van der Waals surface area contributed by atoms with E-state index < -0.39 is 11.9 Å². The van der Waals surface area contributed by atoms with Crippen LogP contribution in [0.2, 0.25) is 0 Å². The van der Waals surface area contributed by atoms with Crippen LogP contribution in [0.4, 0.5) is 4.39 Å². The number of piperidine rings is 1. The molecule has 1 aromatic heterocycles. The van der Waals surface area contributed by atoms with Gasteiger partial charge in [0.25, 0.3) is 0 Å². The molecule has 8 heteroatoms. The number of aromatic nitrogens is 1. The Morgan fingerprint density at radius 2 is 1.89 bits per heavy atom. The van der Waals surface area contributed by atoms with Crippen molar-refractivity contribution >= 4 is 5.97 Å². The number of carboxylic acids is 1. The van der Waals surface area contributed by atoms with E-state index in [1.807, 2.05) is 6.07 Å². The van der Waals surface area contributed by atoms with Crippen LogP contribution in [0, 0.1) is 17.7 Å². The molecule has 3 atom stereocenters. The van der Waals surface area contributed by atoms with Gasteiger partial charge in [-0.3, -0.25) is 4.90 Å². The summed E-state index contributed by atoms with van der Waals surface area (Å²) in [5, 5.41) is 11.8. The van der Waals surface area contributed by atoms with Crippen LogP contribution in [0.15, 0.2) is 48.7 Å². The number of rotatable bonds is 9. The van der Waals surface area contributed by atoms with Gasteiger partial charge in [-0.25, -0.2) is 9.37 Å². The van der Waals surface area contributed by atoms with Crippen LogP contribution in [0.3, 0.4) is 0 Å². The Kier molecular flexibility index (Phi) is 9.64. The Bertz CT molecular complexity index is 1560. The maximum Gasteiger partial charge on any atom is 1.00 e. The Labute approximate surface area is 288 Å². The third kappa shape index (κ3) is 6.43. The monoisotopic (exact) mass is 620 g/mol. The van der Waals surface area contributed by atoms with Gasteiger partial charge < -0.3 is 19.4 Å². The van der Waals surface area contributed by atoms with Crippen LogP contribution < -0.4 is 44.1 Å². The van der Waals surface area contributed by atoms with Gasteiger partial charge in [-0.2, -0.15) is 0 Å². The predicted octanol–water partition coefficient (Wildman–Crippen LogP) is 3.75. The second-order valence-electron chi connectivity index (χ2n) is 13.6. The van der Waals surface area contributed by atoms with Crippen molar-refractivity contribution < 1.29 is 53.3 Å². The van der Waals surface area contributed by atoms with Crippen molar-refractivity contribution in [2.75, 3.05) is 13.7 Å². The molecule has 1 spiro atoms. The first-order valence-corrected chi connectivity index (χ1v) is 16.4. The molecule has 7 rings (SSSR count). The van der Waals surface area contributed by atoms with E-state index in [1.165, 1.54) is 44.7 Å². The van der Waals surface area contributed by atoms with Crippen LogP contribution >= 0.6 is 0 Å². The number of fused-ring (bicyclic) bond motifs is 1. The Balaban J connectivity index is 0.00000357. The van der Waals surface area contributed by atoms with Crippen LogP contribution in [-0.2, 0) is 17.8 Å². The summed E-state index contributed by atoms with van der Waals surface area (Å²) < 4.78 is 27.3. The first-order chi connectivity index (χ1) is 21.3. The van der Waals surface area contributed by atoms with Gasteiger partial charge in [0, 0.05) is 35.6 Å². The zero-order chi connectivity index (χ0) is 30.4. The molecule has 1 saturated heterocycles. The molecule has 3 fully saturated rings. The number of hydrogen-bond donors (Lipinski definition) is 0. The molecular weight excluding hydrogens is 578 g/mol. The Morgan fingerprint density at radius 1 is 1.09 bits per heavy atom. The molecular formula is C37H42FN2NaO4. The normalized spacial score (nSPS) is 21.9. The van der Waals surface area contributed by atoms with Gasteiger partial charge in [0.15, 0.2) is 0 Å². The molecule has 2 saturated carbocycles. The number of halogens is 1. The molecule has 6 nitrogen and oxygen atoms in total. The fourth-order valence-corrected chi connectivity index (χ4v) is 8.10. The number of benzene rings is 2. The first kappa shape index (κ1) is 32.5. The molecule has 232 valence electrons. The van der Waals surface area contributed by atoms with Crippen LogP contribution in [-0.4, -0.2) is 35.0 Å². The van der Waals surface area contributed by atoms with Crippen molar-refractivity contribution in [3.05, 3.63) is 76.7 Å². The van der Waals surface area contributed by atoms with E-state index in [1.54, 1.807) is 20.1 Å². The largest absolute Gasteiger partial charge is 1.00 e. The number of ether oxygens (including phenoxy) is 2. The number of carbonyl (C=O) groups is 1. The van der Waals surface area contributed by atoms with E-state index in [9.17, 15) is 9.90 Å². The summed E-state index contributed by atoms with van der Waals surface area (Å²) in [6.45, 7) is 3.60. The van der Waals surface area contributed by atoms with Gasteiger partial charge in [-0.15, -0.1) is 0 Å². The summed E-state index contributed by atoms with van der Waals surface area (Å²) in [7, 11) is 1.55. The number of aliphatic carboxylic acids is 1. The number of carboxylic acid groups (broad SMARTS) is 1. The van der Waals surface area contributed by atoms with Gasteiger partial charge in [0.1, 0.15) is 17.7 Å². The smallest absolute Gasteiger partial charge is 0.550 e. The Morgan fingerprint density at radius 3 is 2.60 bits per heavy atom. The average Bonchev–Trinajstić information content (AvgIpc) is 3.86. The number of aryl methyl sites for hydroxylation is 1. The van der Waals surface area contributed by atoms with Gasteiger partial charge >= 0.3 is 29.6 Å². The zero-order valence-electron chi connectivity index (χ0n) is 26.8. The summed E-state index contributed by atoms with van der Waals surface area (Å²) >= 11 is 0. The van der Waals surface area contributed by atoms with E-state index in [0.29, 0.717) is 17.4 Å². The van der Waals surface area contributed by atoms with Gasteiger partial charge in [0.2, 0.25) is 5.88 Å². The molecule has 0 amide bonds. The summed E-state index contributed by atoms with van der Waals surface area (Å²) in [6, 6.07) is 14.3. The minimum absolute atomic E-state index is 0. The fourth-order valence-electron chi connectivity index (χ4n) is 8.10. The van der Waals surface area contributed by atoms with Gasteiger partial charge in [0.05, 0.1) is 13.3 Å². The van der Waals surface area contributed by atoms with Crippen molar-refractivity contribution in [3.8, 4) is 22.8 Å². The first-order valence-electron chi connectivity index (χ1n) is 16.4. The third-order valence-electron chi connectivity index (χ3n) is 10.9. The number of carbonyl (C=O) groups excluding carboxylic acids is 1. The van der Waals surface area contributed by atoms with E-state index in [0.717, 1.165) is 72.3 Å². The molecule has 2 aliphatic heterocycles. The summed E-state index contributed by atoms with van der Waals surface area (Å²) in [5.41, 5.74) is 6.02. The molecule has 0 bridgehead atoms. The van der Waals surface area contributed by atoms with E-state index in [4.69, 9.17) is 9.47 Å². The second-order valence-corrected chi connectivity index (χ2v) is 13.6. The second kappa shape index (κ2) is 13.3. The van der Waals surface area contributed by atoms with Gasteiger partial charge in [-0.1, -0.05) is 43.7 Å². The molecule has 0 N–H and O–H groups in total. The summed E-state index contributed by atoms with van der Waals surface area (Å²) in [6.07, 6.45) is 12.4. The minimum Gasteiger partial charge on any atom is -0.550 e. The molecule has 1 unspecified atom stereocenters. The van der Waals surface area contributed by atoms with Crippen LogP contribution in [0.25, 0.3) is 11.1 Å². The van der Waals surface area contributed by atoms with E-state index in [-0.39, 0.29) is 52.9 Å². The van der Waals surface area contributed by atoms with Crippen molar-refractivity contribution in [2.24, 2.45) is 11.8 Å². The predicted molar refractivity (Wildman–Crippen MR) is 165 cm³/mol.